The Balaban J connectivity index is 1.37. The number of hydrogen-bond donors (Lipinski definition) is 0. The molecule has 7 heteroatoms. The maximum Gasteiger partial charge on any atom is 0.255 e. The average Bonchev–Trinajstić information content (AvgIpc) is 3.18. The Morgan fingerprint density at radius 2 is 1.83 bits per heavy atom. The quantitative estimate of drug-likeness (QED) is 0.667. The van der Waals surface area contributed by atoms with Gasteiger partial charge >= 0.3 is 0 Å². The van der Waals surface area contributed by atoms with Crippen molar-refractivity contribution in [2.45, 2.75) is 26.4 Å². The third-order valence-corrected chi connectivity index (χ3v) is 5.39. The number of aromatic nitrogens is 3. The van der Waals surface area contributed by atoms with E-state index in [1.807, 2.05) is 27.8 Å². The number of carbonyl (C=O) groups excluding carboxylic acids is 1. The van der Waals surface area contributed by atoms with Crippen LogP contribution in [0.4, 0.5) is 0 Å². The number of fused-ring (bicyclic) bond motifs is 1. The molecule has 3 aromatic rings. The zero-order valence-electron chi connectivity index (χ0n) is 17.2. The van der Waals surface area contributed by atoms with Crippen LogP contribution in [0.1, 0.15) is 35.8 Å². The third-order valence-electron chi connectivity index (χ3n) is 5.39. The zero-order valence-corrected chi connectivity index (χ0v) is 17.2. The lowest BCUT2D eigenvalue weighted by molar-refractivity contribution is 0.0628. The molecule has 152 valence electrons. The molecule has 0 unspecified atom stereocenters. The molecule has 0 radical (unpaired) electrons. The first-order chi connectivity index (χ1) is 14.0. The Hall–Kier alpha value is -2.93. The molecule has 0 atom stereocenters. The third kappa shape index (κ3) is 4.10. The van der Waals surface area contributed by atoms with Gasteiger partial charge in [0.05, 0.1) is 18.9 Å². The SMILES string of the molecule is COc1ccc(CN2CCN(C(=O)c3cnc4c(cnn4C(C)C)c3)CC2)cc1. The Morgan fingerprint density at radius 1 is 1.10 bits per heavy atom. The van der Waals surface area contributed by atoms with Crippen LogP contribution in [0.25, 0.3) is 11.0 Å². The minimum absolute atomic E-state index is 0.0424. The van der Waals surface area contributed by atoms with Crippen LogP contribution in [0, 0.1) is 0 Å². The number of benzene rings is 1. The summed E-state index contributed by atoms with van der Waals surface area (Å²) in [6.45, 7) is 8.18. The van der Waals surface area contributed by atoms with Crippen LogP contribution >= 0.6 is 0 Å². The maximum atomic E-state index is 12.9. The molecule has 0 N–H and O–H groups in total. The Morgan fingerprint density at radius 3 is 2.48 bits per heavy atom. The highest BCUT2D eigenvalue weighted by Crippen LogP contribution is 2.19. The van der Waals surface area contributed by atoms with Gasteiger partial charge in [-0.05, 0) is 37.6 Å². The summed E-state index contributed by atoms with van der Waals surface area (Å²) in [5.74, 6) is 0.912. The summed E-state index contributed by atoms with van der Waals surface area (Å²) in [7, 11) is 1.68. The maximum absolute atomic E-state index is 12.9. The standard InChI is InChI=1S/C22H27N5O2/c1-16(2)27-21-18(14-24-27)12-19(13-23-21)22(28)26-10-8-25(9-11-26)15-17-4-6-20(29-3)7-5-17/h4-7,12-14,16H,8-11,15H2,1-3H3. The topological polar surface area (TPSA) is 63.5 Å². The van der Waals surface area contributed by atoms with Crippen LogP contribution < -0.4 is 4.74 Å². The fourth-order valence-corrected chi connectivity index (χ4v) is 3.72. The molecule has 0 spiro atoms. The molecular weight excluding hydrogens is 366 g/mol. The van der Waals surface area contributed by atoms with Crippen molar-refractivity contribution in [2.24, 2.45) is 0 Å². The predicted molar refractivity (Wildman–Crippen MR) is 112 cm³/mol. The summed E-state index contributed by atoms with van der Waals surface area (Å²) < 4.78 is 7.09. The molecule has 0 saturated carbocycles. The van der Waals surface area contributed by atoms with Gasteiger partial charge in [0, 0.05) is 50.3 Å². The number of carbonyl (C=O) groups is 1. The van der Waals surface area contributed by atoms with E-state index in [-0.39, 0.29) is 11.9 Å². The molecule has 1 aliphatic rings. The van der Waals surface area contributed by atoms with E-state index in [9.17, 15) is 4.79 Å². The molecule has 1 amide bonds. The van der Waals surface area contributed by atoms with E-state index >= 15 is 0 Å². The summed E-state index contributed by atoms with van der Waals surface area (Å²) in [6, 6.07) is 10.3. The fraction of sp³-hybridized carbons (Fsp3) is 0.409. The van der Waals surface area contributed by atoms with Crippen molar-refractivity contribution in [3.05, 3.63) is 53.9 Å². The first-order valence-corrected chi connectivity index (χ1v) is 10.0. The number of amides is 1. The highest BCUT2D eigenvalue weighted by Gasteiger charge is 2.23. The predicted octanol–water partition coefficient (Wildman–Crippen LogP) is 2.98. The lowest BCUT2D eigenvalue weighted by Gasteiger charge is -2.34. The van der Waals surface area contributed by atoms with Crippen molar-refractivity contribution in [3.8, 4) is 5.75 Å². The first kappa shape index (κ1) is 19.4. The van der Waals surface area contributed by atoms with E-state index in [1.165, 1.54) is 5.56 Å². The summed E-state index contributed by atoms with van der Waals surface area (Å²) in [4.78, 5) is 21.7. The van der Waals surface area contributed by atoms with Crippen molar-refractivity contribution in [1.82, 2.24) is 24.6 Å². The molecule has 0 bridgehead atoms. The summed E-state index contributed by atoms with van der Waals surface area (Å²) in [5, 5.41) is 5.29. The molecule has 29 heavy (non-hydrogen) atoms. The average molecular weight is 393 g/mol. The molecule has 7 nitrogen and oxygen atoms in total. The van der Waals surface area contributed by atoms with Crippen LogP contribution in [0.15, 0.2) is 42.7 Å². The Bertz CT molecular complexity index is 988. The van der Waals surface area contributed by atoms with Gasteiger partial charge in [-0.2, -0.15) is 5.10 Å². The number of rotatable bonds is 5. The van der Waals surface area contributed by atoms with E-state index < -0.39 is 0 Å². The second kappa shape index (κ2) is 8.21. The number of pyridine rings is 1. The monoisotopic (exact) mass is 393 g/mol. The molecule has 1 aromatic carbocycles. The van der Waals surface area contributed by atoms with E-state index in [4.69, 9.17) is 4.74 Å². The number of nitrogens with zero attached hydrogens (tertiary/aromatic N) is 5. The first-order valence-electron chi connectivity index (χ1n) is 10.0. The molecule has 3 heterocycles. The molecule has 1 aliphatic heterocycles. The van der Waals surface area contributed by atoms with Crippen LogP contribution in [0.5, 0.6) is 5.75 Å². The molecule has 0 aliphatic carbocycles. The van der Waals surface area contributed by atoms with Crippen LogP contribution in [-0.2, 0) is 6.54 Å². The van der Waals surface area contributed by atoms with Gasteiger partial charge in [0.2, 0.25) is 0 Å². The van der Waals surface area contributed by atoms with Crippen molar-refractivity contribution in [1.29, 1.82) is 0 Å². The van der Waals surface area contributed by atoms with E-state index in [0.29, 0.717) is 5.56 Å². The van der Waals surface area contributed by atoms with E-state index in [1.54, 1.807) is 19.5 Å². The Kier molecular flexibility index (Phi) is 5.49. The highest BCUT2D eigenvalue weighted by atomic mass is 16.5. The van der Waals surface area contributed by atoms with Crippen LogP contribution in [0.2, 0.25) is 0 Å². The van der Waals surface area contributed by atoms with Crippen molar-refractivity contribution in [2.75, 3.05) is 33.3 Å². The normalized spacial score (nSPS) is 15.2. The van der Waals surface area contributed by atoms with Crippen LogP contribution in [-0.4, -0.2) is 63.8 Å². The minimum atomic E-state index is 0.0424. The van der Waals surface area contributed by atoms with Gasteiger partial charge in [0.1, 0.15) is 5.75 Å². The van der Waals surface area contributed by atoms with Gasteiger partial charge in [-0.1, -0.05) is 12.1 Å². The van der Waals surface area contributed by atoms with E-state index in [2.05, 4.69) is 41.0 Å². The summed E-state index contributed by atoms with van der Waals surface area (Å²) in [6.07, 6.45) is 3.46. The van der Waals surface area contributed by atoms with Crippen LogP contribution in [0.3, 0.4) is 0 Å². The second-order valence-corrected chi connectivity index (χ2v) is 7.74. The number of piperazine rings is 1. The van der Waals surface area contributed by atoms with Gasteiger partial charge in [0.15, 0.2) is 5.65 Å². The highest BCUT2D eigenvalue weighted by molar-refractivity contribution is 5.96. The fourth-order valence-electron chi connectivity index (χ4n) is 3.72. The van der Waals surface area contributed by atoms with Gasteiger partial charge in [-0.15, -0.1) is 0 Å². The van der Waals surface area contributed by atoms with Gasteiger partial charge in [-0.25, -0.2) is 9.67 Å². The van der Waals surface area contributed by atoms with Gasteiger partial charge in [0.25, 0.3) is 5.91 Å². The lowest BCUT2D eigenvalue weighted by Crippen LogP contribution is -2.48. The van der Waals surface area contributed by atoms with Crippen molar-refractivity contribution < 1.29 is 9.53 Å². The molecule has 2 aromatic heterocycles. The van der Waals surface area contributed by atoms with Crippen molar-refractivity contribution >= 4 is 16.9 Å². The number of hydrogen-bond acceptors (Lipinski definition) is 5. The van der Waals surface area contributed by atoms with E-state index in [0.717, 1.165) is 49.5 Å². The molecule has 1 fully saturated rings. The van der Waals surface area contributed by atoms with Gasteiger partial charge in [-0.3, -0.25) is 9.69 Å². The minimum Gasteiger partial charge on any atom is -0.497 e. The van der Waals surface area contributed by atoms with Gasteiger partial charge < -0.3 is 9.64 Å². The zero-order chi connectivity index (χ0) is 20.4. The smallest absolute Gasteiger partial charge is 0.255 e. The molecule has 1 saturated heterocycles. The number of methoxy groups -OCH3 is 1. The summed E-state index contributed by atoms with van der Waals surface area (Å²) in [5.41, 5.74) is 2.70. The Labute approximate surface area is 170 Å². The summed E-state index contributed by atoms with van der Waals surface area (Å²) >= 11 is 0. The number of ether oxygens (including phenoxy) is 1. The second-order valence-electron chi connectivity index (χ2n) is 7.74. The van der Waals surface area contributed by atoms with Crippen molar-refractivity contribution in [3.63, 3.8) is 0 Å². The largest absolute Gasteiger partial charge is 0.497 e. The molecule has 4 rings (SSSR count). The lowest BCUT2D eigenvalue weighted by atomic mass is 10.1. The molecular formula is C22H27N5O2.